The molecule has 98 valence electrons. The second-order valence-corrected chi connectivity index (χ2v) is 4.91. The number of benzene rings is 1. The van der Waals surface area contributed by atoms with Gasteiger partial charge in [0.15, 0.2) is 11.6 Å². The third-order valence-electron chi connectivity index (χ3n) is 2.62. The Kier molecular flexibility index (Phi) is 4.54. The van der Waals surface area contributed by atoms with E-state index in [0.717, 1.165) is 12.1 Å². The average Bonchev–Trinajstić information content (AvgIpc) is 2.41. The fourth-order valence-electron chi connectivity index (χ4n) is 1.62. The van der Waals surface area contributed by atoms with Gasteiger partial charge in [-0.15, -0.1) is 11.8 Å². The molecule has 0 atom stereocenters. The molecule has 1 amide bonds. The van der Waals surface area contributed by atoms with Crippen LogP contribution < -0.4 is 0 Å². The number of ether oxygens (including phenoxy) is 1. The summed E-state index contributed by atoms with van der Waals surface area (Å²) in [5.41, 5.74) is 0. The maximum Gasteiger partial charge on any atom is 0.233 e. The summed E-state index contributed by atoms with van der Waals surface area (Å²) in [7, 11) is 0. The number of carbonyl (C=O) groups excluding carboxylic acids is 1. The van der Waals surface area contributed by atoms with Crippen LogP contribution in [0.25, 0.3) is 0 Å². The highest BCUT2D eigenvalue weighted by molar-refractivity contribution is 8.00. The highest BCUT2D eigenvalue weighted by Crippen LogP contribution is 2.20. The van der Waals surface area contributed by atoms with Crippen molar-refractivity contribution in [2.45, 2.75) is 4.90 Å². The zero-order valence-electron chi connectivity index (χ0n) is 9.70. The molecule has 1 heterocycles. The summed E-state index contributed by atoms with van der Waals surface area (Å²) in [5.74, 6) is -1.55. The van der Waals surface area contributed by atoms with Crippen LogP contribution in [-0.2, 0) is 9.53 Å². The molecule has 1 aromatic rings. The van der Waals surface area contributed by atoms with Crippen molar-refractivity contribution in [1.29, 1.82) is 0 Å². The van der Waals surface area contributed by atoms with Gasteiger partial charge in [-0.2, -0.15) is 0 Å². The second kappa shape index (κ2) is 6.15. The predicted octanol–water partition coefficient (Wildman–Crippen LogP) is 1.92. The molecule has 6 heteroatoms. The van der Waals surface area contributed by atoms with E-state index in [2.05, 4.69) is 0 Å². The van der Waals surface area contributed by atoms with E-state index in [-0.39, 0.29) is 11.7 Å². The zero-order valence-corrected chi connectivity index (χ0v) is 10.5. The van der Waals surface area contributed by atoms with Crippen LogP contribution in [0.15, 0.2) is 23.1 Å². The lowest BCUT2D eigenvalue weighted by Gasteiger charge is -2.26. The van der Waals surface area contributed by atoms with Crippen LogP contribution >= 0.6 is 11.8 Å². The standard InChI is InChI=1S/C12H13F2NO2S/c13-10-2-1-9(7-11(10)14)18-8-12(16)15-3-5-17-6-4-15/h1-2,7H,3-6,8H2. The number of nitrogens with zero attached hydrogens (tertiary/aromatic N) is 1. The zero-order chi connectivity index (χ0) is 13.0. The molecule has 0 unspecified atom stereocenters. The van der Waals surface area contributed by atoms with Crippen molar-refractivity contribution in [1.82, 2.24) is 4.90 Å². The molecule has 0 radical (unpaired) electrons. The molecule has 0 bridgehead atoms. The minimum absolute atomic E-state index is 0.00645. The number of morpholine rings is 1. The van der Waals surface area contributed by atoms with Gasteiger partial charge in [-0.1, -0.05) is 0 Å². The van der Waals surface area contributed by atoms with Gasteiger partial charge in [0.25, 0.3) is 0 Å². The third kappa shape index (κ3) is 3.43. The highest BCUT2D eigenvalue weighted by Gasteiger charge is 2.16. The van der Waals surface area contributed by atoms with E-state index in [0.29, 0.717) is 31.2 Å². The Balaban J connectivity index is 1.86. The molecular formula is C12H13F2NO2S. The van der Waals surface area contributed by atoms with Crippen LogP contribution in [0.2, 0.25) is 0 Å². The average molecular weight is 273 g/mol. The van der Waals surface area contributed by atoms with Crippen molar-refractivity contribution in [3.8, 4) is 0 Å². The quantitative estimate of drug-likeness (QED) is 0.788. The Morgan fingerprint density at radius 1 is 1.28 bits per heavy atom. The topological polar surface area (TPSA) is 29.5 Å². The normalized spacial score (nSPS) is 15.8. The summed E-state index contributed by atoms with van der Waals surface area (Å²) in [4.78, 5) is 14.1. The number of hydrogen-bond donors (Lipinski definition) is 0. The van der Waals surface area contributed by atoms with Crippen LogP contribution in [0.4, 0.5) is 8.78 Å². The van der Waals surface area contributed by atoms with Crippen molar-refractivity contribution >= 4 is 17.7 Å². The largest absolute Gasteiger partial charge is 0.378 e. The summed E-state index contributed by atoms with van der Waals surface area (Å²) in [6.07, 6.45) is 0. The first-order chi connectivity index (χ1) is 8.66. The van der Waals surface area contributed by atoms with E-state index in [4.69, 9.17) is 4.74 Å². The van der Waals surface area contributed by atoms with E-state index in [1.54, 1.807) is 4.90 Å². The second-order valence-electron chi connectivity index (χ2n) is 3.86. The SMILES string of the molecule is O=C(CSc1ccc(F)c(F)c1)N1CCOCC1. The Bertz CT molecular complexity index is 436. The molecule has 0 N–H and O–H groups in total. The number of halogens is 2. The molecule has 0 saturated carbocycles. The van der Waals surface area contributed by atoms with E-state index in [1.165, 1.54) is 17.8 Å². The van der Waals surface area contributed by atoms with Crippen molar-refractivity contribution in [2.24, 2.45) is 0 Å². The van der Waals surface area contributed by atoms with Gasteiger partial charge in [0.2, 0.25) is 5.91 Å². The Morgan fingerprint density at radius 3 is 2.67 bits per heavy atom. The Morgan fingerprint density at radius 2 is 2.00 bits per heavy atom. The molecule has 0 spiro atoms. The molecule has 1 aromatic carbocycles. The van der Waals surface area contributed by atoms with E-state index >= 15 is 0 Å². The lowest BCUT2D eigenvalue weighted by atomic mass is 10.3. The first-order valence-electron chi connectivity index (χ1n) is 5.60. The highest BCUT2D eigenvalue weighted by atomic mass is 32.2. The van der Waals surface area contributed by atoms with Gasteiger partial charge in [-0.25, -0.2) is 8.78 Å². The predicted molar refractivity (Wildman–Crippen MR) is 64.5 cm³/mol. The van der Waals surface area contributed by atoms with Crippen LogP contribution in [-0.4, -0.2) is 42.9 Å². The molecule has 0 aromatic heterocycles. The Labute approximate surface area is 108 Å². The maximum absolute atomic E-state index is 13.0. The van der Waals surface area contributed by atoms with Gasteiger partial charge in [-0.05, 0) is 18.2 Å². The summed E-state index contributed by atoms with van der Waals surface area (Å²) in [6.45, 7) is 2.30. The van der Waals surface area contributed by atoms with Crippen LogP contribution in [0, 0.1) is 11.6 Å². The number of carbonyl (C=O) groups is 1. The third-order valence-corrected chi connectivity index (χ3v) is 3.60. The molecule has 3 nitrogen and oxygen atoms in total. The summed E-state index contributed by atoms with van der Waals surface area (Å²) in [5, 5.41) is 0. The number of hydrogen-bond acceptors (Lipinski definition) is 3. The van der Waals surface area contributed by atoms with Gasteiger partial charge in [0.1, 0.15) is 0 Å². The lowest BCUT2D eigenvalue weighted by molar-refractivity contribution is -0.132. The molecule has 1 aliphatic rings. The van der Waals surface area contributed by atoms with Crippen LogP contribution in [0.3, 0.4) is 0 Å². The smallest absolute Gasteiger partial charge is 0.233 e. The van der Waals surface area contributed by atoms with Gasteiger partial charge < -0.3 is 9.64 Å². The molecule has 1 fully saturated rings. The van der Waals surface area contributed by atoms with E-state index in [1.807, 2.05) is 0 Å². The van der Waals surface area contributed by atoms with Crippen molar-refractivity contribution in [2.75, 3.05) is 32.1 Å². The summed E-state index contributed by atoms with van der Waals surface area (Å²) in [6, 6.07) is 3.64. The minimum atomic E-state index is -0.890. The van der Waals surface area contributed by atoms with Gasteiger partial charge in [0.05, 0.1) is 19.0 Å². The lowest BCUT2D eigenvalue weighted by Crippen LogP contribution is -2.41. The number of amides is 1. The monoisotopic (exact) mass is 273 g/mol. The van der Waals surface area contributed by atoms with Crippen LogP contribution in [0.5, 0.6) is 0 Å². The fraction of sp³-hybridized carbons (Fsp3) is 0.417. The van der Waals surface area contributed by atoms with Crippen molar-refractivity contribution in [3.63, 3.8) is 0 Å². The number of thioether (sulfide) groups is 1. The van der Waals surface area contributed by atoms with Gasteiger partial charge in [-0.3, -0.25) is 4.79 Å². The molecule has 2 rings (SSSR count). The fourth-order valence-corrected chi connectivity index (χ4v) is 2.44. The Hall–Kier alpha value is -1.14. The number of rotatable bonds is 3. The van der Waals surface area contributed by atoms with Crippen molar-refractivity contribution < 1.29 is 18.3 Å². The maximum atomic E-state index is 13.0. The van der Waals surface area contributed by atoms with E-state index in [9.17, 15) is 13.6 Å². The molecule has 1 aliphatic heterocycles. The summed E-state index contributed by atoms with van der Waals surface area (Å²) >= 11 is 1.21. The van der Waals surface area contributed by atoms with Gasteiger partial charge >= 0.3 is 0 Å². The molecule has 1 saturated heterocycles. The van der Waals surface area contributed by atoms with Gasteiger partial charge in [0, 0.05) is 18.0 Å². The first kappa shape index (κ1) is 13.3. The molecule has 0 aliphatic carbocycles. The summed E-state index contributed by atoms with van der Waals surface area (Å²) < 4.78 is 30.8. The molecular weight excluding hydrogens is 260 g/mol. The van der Waals surface area contributed by atoms with E-state index < -0.39 is 11.6 Å². The molecule has 18 heavy (non-hydrogen) atoms. The minimum Gasteiger partial charge on any atom is -0.378 e. The first-order valence-corrected chi connectivity index (χ1v) is 6.59. The van der Waals surface area contributed by atoms with Crippen molar-refractivity contribution in [3.05, 3.63) is 29.8 Å². The van der Waals surface area contributed by atoms with Crippen LogP contribution in [0.1, 0.15) is 0 Å².